The van der Waals surface area contributed by atoms with Gasteiger partial charge in [-0.15, -0.1) is 0 Å². The molecule has 0 aliphatic heterocycles. The van der Waals surface area contributed by atoms with E-state index in [-0.39, 0.29) is 0 Å². The molecule has 0 aromatic rings. The predicted octanol–water partition coefficient (Wildman–Crippen LogP) is 3.95. The van der Waals surface area contributed by atoms with Gasteiger partial charge in [-0.25, -0.2) is 0 Å². The summed E-state index contributed by atoms with van der Waals surface area (Å²) < 4.78 is 0. The summed E-state index contributed by atoms with van der Waals surface area (Å²) in [6.45, 7) is 6.82. The van der Waals surface area contributed by atoms with Crippen molar-refractivity contribution in [2.45, 2.75) is 40.0 Å². The molecule has 0 aromatic carbocycles. The first-order chi connectivity index (χ1) is 5.77. The summed E-state index contributed by atoms with van der Waals surface area (Å²) in [4.78, 5) is 0. The molecule has 0 bridgehead atoms. The van der Waals surface area contributed by atoms with E-state index in [2.05, 4.69) is 39.0 Å². The number of rotatable bonds is 3. The van der Waals surface area contributed by atoms with E-state index < -0.39 is 0 Å². The fourth-order valence-corrected chi connectivity index (χ4v) is 1.59. The van der Waals surface area contributed by atoms with Crippen LogP contribution in [0.1, 0.15) is 40.0 Å². The number of hydrogen-bond acceptors (Lipinski definition) is 0. The van der Waals surface area contributed by atoms with Crippen LogP contribution < -0.4 is 0 Å². The van der Waals surface area contributed by atoms with Crippen LogP contribution in [-0.2, 0) is 0 Å². The Hall–Kier alpha value is -0.520. The zero-order valence-electron chi connectivity index (χ0n) is 8.51. The van der Waals surface area contributed by atoms with Crippen LogP contribution in [0.2, 0.25) is 0 Å². The van der Waals surface area contributed by atoms with E-state index >= 15 is 0 Å². The average molecular weight is 164 g/mol. The summed E-state index contributed by atoms with van der Waals surface area (Å²) >= 11 is 0. The molecule has 0 heteroatoms. The lowest BCUT2D eigenvalue weighted by atomic mass is 9.88. The first kappa shape index (κ1) is 9.57. The highest BCUT2D eigenvalue weighted by Crippen LogP contribution is 2.24. The smallest absolute Gasteiger partial charge is 0.0196 e. The highest BCUT2D eigenvalue weighted by Gasteiger charge is 2.09. The second kappa shape index (κ2) is 4.49. The van der Waals surface area contributed by atoms with Gasteiger partial charge in [0.1, 0.15) is 0 Å². The summed E-state index contributed by atoms with van der Waals surface area (Å²) in [6, 6.07) is 0. The van der Waals surface area contributed by atoms with Crippen LogP contribution in [0, 0.1) is 11.8 Å². The maximum absolute atomic E-state index is 2.42. The molecule has 0 amide bonds. The van der Waals surface area contributed by atoms with Crippen molar-refractivity contribution in [2.75, 3.05) is 0 Å². The molecule has 0 aromatic heterocycles. The van der Waals surface area contributed by atoms with Crippen molar-refractivity contribution in [3.05, 3.63) is 23.8 Å². The minimum Gasteiger partial charge on any atom is -0.0808 e. The molecule has 1 aliphatic carbocycles. The van der Waals surface area contributed by atoms with Crippen LogP contribution in [0.25, 0.3) is 0 Å². The molecule has 0 nitrogen and oxygen atoms in total. The van der Waals surface area contributed by atoms with Gasteiger partial charge in [-0.05, 0) is 36.7 Å². The Morgan fingerprint density at radius 2 is 2.25 bits per heavy atom. The van der Waals surface area contributed by atoms with Crippen molar-refractivity contribution in [3.8, 4) is 0 Å². The summed E-state index contributed by atoms with van der Waals surface area (Å²) in [5.74, 6) is 1.55. The van der Waals surface area contributed by atoms with E-state index in [0.29, 0.717) is 0 Å². The first-order valence-electron chi connectivity index (χ1n) is 5.16. The Labute approximate surface area is 76.4 Å². The molecule has 1 unspecified atom stereocenters. The molecule has 0 saturated carbocycles. The highest BCUT2D eigenvalue weighted by atomic mass is 14.1. The topological polar surface area (TPSA) is 0 Å². The fraction of sp³-hybridized carbons (Fsp3) is 0.667. The van der Waals surface area contributed by atoms with Gasteiger partial charge in [0.15, 0.2) is 0 Å². The molecule has 12 heavy (non-hydrogen) atoms. The molecule has 1 aliphatic rings. The maximum atomic E-state index is 2.42. The molecule has 0 radical (unpaired) electrons. The minimum absolute atomic E-state index is 0.749. The molecule has 68 valence electrons. The Morgan fingerprint density at radius 3 is 2.67 bits per heavy atom. The first-order valence-corrected chi connectivity index (χ1v) is 5.16. The molecular weight excluding hydrogens is 144 g/mol. The fourth-order valence-electron chi connectivity index (χ4n) is 1.59. The van der Waals surface area contributed by atoms with Crippen LogP contribution in [-0.4, -0.2) is 0 Å². The van der Waals surface area contributed by atoms with Gasteiger partial charge in [0.2, 0.25) is 0 Å². The Balaban J connectivity index is 2.51. The number of hydrogen-bond donors (Lipinski definition) is 0. The molecule has 0 heterocycles. The standard InChI is InChI=1S/C12H20/c1-4-10(3)12-8-6-11(5-2)7-9-12/h6,8-11H,4-5,7H2,1-3H3/t10-,11?/m0/s1. The predicted molar refractivity (Wildman–Crippen MR) is 55.1 cm³/mol. The Bertz CT molecular complexity index is 186. The van der Waals surface area contributed by atoms with Crippen molar-refractivity contribution in [2.24, 2.45) is 11.8 Å². The van der Waals surface area contributed by atoms with Gasteiger partial charge in [-0.2, -0.15) is 0 Å². The second-order valence-electron chi connectivity index (χ2n) is 3.78. The SMILES string of the molecule is CCC1C=CC([C@@H](C)CC)=CC1. The molecular formula is C12H20. The molecule has 2 atom stereocenters. The third kappa shape index (κ3) is 2.23. The summed E-state index contributed by atoms with van der Waals surface area (Å²) in [5.41, 5.74) is 1.54. The van der Waals surface area contributed by atoms with Crippen LogP contribution in [0.15, 0.2) is 23.8 Å². The van der Waals surface area contributed by atoms with Crippen molar-refractivity contribution in [1.29, 1.82) is 0 Å². The monoisotopic (exact) mass is 164 g/mol. The maximum Gasteiger partial charge on any atom is -0.0196 e. The van der Waals surface area contributed by atoms with Crippen molar-refractivity contribution >= 4 is 0 Å². The summed E-state index contributed by atoms with van der Waals surface area (Å²) in [7, 11) is 0. The molecule has 0 fully saturated rings. The minimum atomic E-state index is 0.749. The highest BCUT2D eigenvalue weighted by molar-refractivity contribution is 5.25. The Kier molecular flexibility index (Phi) is 3.58. The lowest BCUT2D eigenvalue weighted by Crippen LogP contribution is -2.03. The summed E-state index contributed by atoms with van der Waals surface area (Å²) in [5, 5.41) is 0. The van der Waals surface area contributed by atoms with Gasteiger partial charge in [0.25, 0.3) is 0 Å². The van der Waals surface area contributed by atoms with E-state index in [9.17, 15) is 0 Å². The molecule has 0 N–H and O–H groups in total. The van der Waals surface area contributed by atoms with Gasteiger partial charge < -0.3 is 0 Å². The normalized spacial score (nSPS) is 25.2. The van der Waals surface area contributed by atoms with E-state index in [1.807, 2.05) is 0 Å². The van der Waals surface area contributed by atoms with Crippen molar-refractivity contribution < 1.29 is 0 Å². The largest absolute Gasteiger partial charge is 0.0808 e. The zero-order valence-corrected chi connectivity index (χ0v) is 8.51. The zero-order chi connectivity index (χ0) is 8.97. The van der Waals surface area contributed by atoms with Crippen LogP contribution >= 0.6 is 0 Å². The van der Waals surface area contributed by atoms with E-state index in [0.717, 1.165) is 11.8 Å². The average Bonchev–Trinajstić information content (AvgIpc) is 2.17. The van der Waals surface area contributed by atoms with Crippen molar-refractivity contribution in [3.63, 3.8) is 0 Å². The van der Waals surface area contributed by atoms with Crippen LogP contribution in [0.3, 0.4) is 0 Å². The van der Waals surface area contributed by atoms with Gasteiger partial charge in [0.05, 0.1) is 0 Å². The van der Waals surface area contributed by atoms with Crippen LogP contribution in [0.5, 0.6) is 0 Å². The quantitative estimate of drug-likeness (QED) is 0.592. The lowest BCUT2D eigenvalue weighted by Gasteiger charge is -2.17. The number of allylic oxidation sites excluding steroid dienone is 4. The molecule has 1 rings (SSSR count). The van der Waals surface area contributed by atoms with Crippen molar-refractivity contribution in [1.82, 2.24) is 0 Å². The molecule has 0 spiro atoms. The van der Waals surface area contributed by atoms with E-state index in [1.54, 1.807) is 5.57 Å². The van der Waals surface area contributed by atoms with Crippen LogP contribution in [0.4, 0.5) is 0 Å². The van der Waals surface area contributed by atoms with Gasteiger partial charge in [-0.3, -0.25) is 0 Å². The second-order valence-corrected chi connectivity index (χ2v) is 3.78. The Morgan fingerprint density at radius 1 is 1.50 bits per heavy atom. The lowest BCUT2D eigenvalue weighted by molar-refractivity contribution is 0.602. The molecule has 0 saturated heterocycles. The third-order valence-corrected chi connectivity index (χ3v) is 2.92. The van der Waals surface area contributed by atoms with Gasteiger partial charge >= 0.3 is 0 Å². The summed E-state index contributed by atoms with van der Waals surface area (Å²) in [6.07, 6.45) is 10.9. The van der Waals surface area contributed by atoms with E-state index in [1.165, 1.54) is 19.3 Å². The van der Waals surface area contributed by atoms with Gasteiger partial charge in [-0.1, -0.05) is 39.0 Å². The third-order valence-electron chi connectivity index (χ3n) is 2.92. The van der Waals surface area contributed by atoms with Gasteiger partial charge in [0, 0.05) is 0 Å². The van der Waals surface area contributed by atoms with E-state index in [4.69, 9.17) is 0 Å².